The molecule has 11 heavy (non-hydrogen) atoms. The quantitative estimate of drug-likeness (QED) is 0.615. The van der Waals surface area contributed by atoms with Crippen LogP contribution in [0.4, 0.5) is 0 Å². The summed E-state index contributed by atoms with van der Waals surface area (Å²) < 4.78 is 4.83. The normalized spacial score (nSPS) is 34.8. The predicted octanol–water partition coefficient (Wildman–Crippen LogP) is 0.910. The van der Waals surface area contributed by atoms with Crippen LogP contribution >= 0.6 is 0 Å². The fourth-order valence-electron chi connectivity index (χ4n) is 1.37. The average Bonchev–Trinajstić information content (AvgIpc) is 2.65. The lowest BCUT2D eigenvalue weighted by atomic mass is 10.1. The van der Waals surface area contributed by atoms with E-state index in [1.54, 1.807) is 6.08 Å². The molecule has 3 nitrogen and oxygen atoms in total. The molecule has 0 amide bonds. The van der Waals surface area contributed by atoms with Crippen molar-refractivity contribution in [3.8, 4) is 0 Å². The molecule has 0 radical (unpaired) electrons. The molecule has 0 bridgehead atoms. The Hall–Kier alpha value is -0.830. The molecule has 1 aliphatic carbocycles. The minimum atomic E-state index is -0.774. The summed E-state index contributed by atoms with van der Waals surface area (Å²) in [5, 5.41) is 8.81. The summed E-state index contributed by atoms with van der Waals surface area (Å²) in [7, 11) is 1.52. The van der Waals surface area contributed by atoms with E-state index in [9.17, 15) is 4.79 Å². The summed E-state index contributed by atoms with van der Waals surface area (Å²) >= 11 is 0. The monoisotopic (exact) mass is 156 g/mol. The van der Waals surface area contributed by atoms with E-state index in [2.05, 4.69) is 6.58 Å². The van der Waals surface area contributed by atoms with E-state index in [-0.39, 0.29) is 5.92 Å². The molecule has 0 saturated heterocycles. The molecule has 1 aliphatic rings. The van der Waals surface area contributed by atoms with E-state index in [1.165, 1.54) is 7.11 Å². The summed E-state index contributed by atoms with van der Waals surface area (Å²) in [6.45, 7) is 3.85. The third kappa shape index (κ3) is 1.16. The van der Waals surface area contributed by atoms with Crippen molar-refractivity contribution < 1.29 is 14.6 Å². The predicted molar refractivity (Wildman–Crippen MR) is 40.2 cm³/mol. The summed E-state index contributed by atoms with van der Waals surface area (Å²) in [6, 6.07) is 0. The zero-order chi connectivity index (χ0) is 8.48. The van der Waals surface area contributed by atoms with Crippen molar-refractivity contribution in [1.82, 2.24) is 0 Å². The van der Waals surface area contributed by atoms with Gasteiger partial charge in [-0.05, 0) is 12.3 Å². The van der Waals surface area contributed by atoms with Gasteiger partial charge in [0.2, 0.25) is 0 Å². The number of carbonyl (C=O) groups is 1. The van der Waals surface area contributed by atoms with E-state index >= 15 is 0 Å². The average molecular weight is 156 g/mol. The molecule has 0 aromatic carbocycles. The van der Waals surface area contributed by atoms with Crippen LogP contribution in [0.25, 0.3) is 0 Å². The lowest BCUT2D eigenvalue weighted by molar-refractivity contribution is -0.145. The smallest absolute Gasteiger partial charge is 0.312 e. The molecule has 0 aromatic heterocycles. The maximum atomic E-state index is 10.7. The third-order valence-corrected chi connectivity index (χ3v) is 2.25. The molecule has 0 aliphatic heterocycles. The largest absolute Gasteiger partial charge is 0.481 e. The van der Waals surface area contributed by atoms with Crippen LogP contribution < -0.4 is 0 Å². The summed E-state index contributed by atoms with van der Waals surface area (Å²) in [5.74, 6) is -0.677. The first-order chi connectivity index (χ1) is 5.17. The Morgan fingerprint density at radius 3 is 2.91 bits per heavy atom. The first-order valence-electron chi connectivity index (χ1n) is 3.52. The molecular formula is C8H12O3. The van der Waals surface area contributed by atoms with E-state index in [1.807, 2.05) is 0 Å². The van der Waals surface area contributed by atoms with Gasteiger partial charge in [0.05, 0.1) is 12.0 Å². The molecule has 1 N–H and O–H groups in total. The van der Waals surface area contributed by atoms with Gasteiger partial charge in [0.15, 0.2) is 0 Å². The number of carboxylic acids is 1. The maximum Gasteiger partial charge on any atom is 0.312 e. The molecule has 1 fully saturated rings. The van der Waals surface area contributed by atoms with Crippen molar-refractivity contribution in [1.29, 1.82) is 0 Å². The fraction of sp³-hybridized carbons (Fsp3) is 0.625. The van der Waals surface area contributed by atoms with Crippen LogP contribution in [0.5, 0.6) is 0 Å². The minimum Gasteiger partial charge on any atom is -0.481 e. The highest BCUT2D eigenvalue weighted by Gasteiger charge is 2.58. The molecular weight excluding hydrogens is 144 g/mol. The molecule has 1 rings (SSSR count). The minimum absolute atomic E-state index is 0.0972. The highest BCUT2D eigenvalue weighted by Crippen LogP contribution is 2.53. The van der Waals surface area contributed by atoms with Gasteiger partial charge in [-0.2, -0.15) is 0 Å². The molecule has 0 spiro atoms. The lowest BCUT2D eigenvalue weighted by Gasteiger charge is -2.08. The van der Waals surface area contributed by atoms with Crippen molar-refractivity contribution in [3.63, 3.8) is 0 Å². The van der Waals surface area contributed by atoms with E-state index < -0.39 is 11.4 Å². The summed E-state index contributed by atoms with van der Waals surface area (Å²) in [4.78, 5) is 10.7. The van der Waals surface area contributed by atoms with E-state index in [0.717, 1.165) is 0 Å². The van der Waals surface area contributed by atoms with Gasteiger partial charge in [0.25, 0.3) is 0 Å². The Morgan fingerprint density at radius 2 is 2.64 bits per heavy atom. The Bertz CT molecular complexity index is 188. The summed E-state index contributed by atoms with van der Waals surface area (Å²) in [5.41, 5.74) is -0.656. The molecule has 0 aromatic rings. The SMILES string of the molecule is C=CC1CC1(COC)C(=O)O. The van der Waals surface area contributed by atoms with Crippen LogP contribution in [0.3, 0.4) is 0 Å². The zero-order valence-electron chi connectivity index (χ0n) is 6.54. The van der Waals surface area contributed by atoms with Crippen LogP contribution in [0.1, 0.15) is 6.42 Å². The second-order valence-electron chi connectivity index (χ2n) is 2.94. The molecule has 62 valence electrons. The number of ether oxygens (including phenoxy) is 1. The van der Waals surface area contributed by atoms with Gasteiger partial charge in [0, 0.05) is 7.11 Å². The Balaban J connectivity index is 2.62. The zero-order valence-corrected chi connectivity index (χ0v) is 6.54. The molecule has 2 unspecified atom stereocenters. The van der Waals surface area contributed by atoms with Gasteiger partial charge in [-0.1, -0.05) is 6.08 Å². The fourth-order valence-corrected chi connectivity index (χ4v) is 1.37. The highest BCUT2D eigenvalue weighted by molar-refractivity contribution is 5.79. The van der Waals surface area contributed by atoms with Gasteiger partial charge in [0.1, 0.15) is 0 Å². The Kier molecular flexibility index (Phi) is 2.00. The van der Waals surface area contributed by atoms with Crippen molar-refractivity contribution >= 4 is 5.97 Å². The second kappa shape index (κ2) is 2.66. The Labute approximate surface area is 65.7 Å². The van der Waals surface area contributed by atoms with Gasteiger partial charge in [-0.25, -0.2) is 0 Å². The number of carboxylic acid groups (broad SMARTS) is 1. The Morgan fingerprint density at radius 1 is 2.00 bits per heavy atom. The summed E-state index contributed by atoms with van der Waals surface area (Å²) in [6.07, 6.45) is 2.35. The van der Waals surface area contributed by atoms with Crippen molar-refractivity contribution in [2.75, 3.05) is 13.7 Å². The lowest BCUT2D eigenvalue weighted by Crippen LogP contribution is -2.22. The molecule has 2 atom stereocenters. The van der Waals surface area contributed by atoms with Gasteiger partial charge in [-0.3, -0.25) is 4.79 Å². The number of allylic oxidation sites excluding steroid dienone is 1. The number of aliphatic carboxylic acids is 1. The van der Waals surface area contributed by atoms with Crippen LogP contribution in [0.2, 0.25) is 0 Å². The van der Waals surface area contributed by atoms with Crippen LogP contribution in [-0.2, 0) is 9.53 Å². The third-order valence-electron chi connectivity index (χ3n) is 2.25. The van der Waals surface area contributed by atoms with Gasteiger partial charge >= 0.3 is 5.97 Å². The van der Waals surface area contributed by atoms with Crippen molar-refractivity contribution in [2.45, 2.75) is 6.42 Å². The number of hydrogen-bond acceptors (Lipinski definition) is 2. The van der Waals surface area contributed by atoms with Crippen molar-refractivity contribution in [2.24, 2.45) is 11.3 Å². The topological polar surface area (TPSA) is 46.5 Å². The van der Waals surface area contributed by atoms with E-state index in [4.69, 9.17) is 9.84 Å². The number of methoxy groups -OCH3 is 1. The van der Waals surface area contributed by atoms with Crippen LogP contribution in [0.15, 0.2) is 12.7 Å². The van der Waals surface area contributed by atoms with Crippen molar-refractivity contribution in [3.05, 3.63) is 12.7 Å². The molecule has 1 saturated carbocycles. The van der Waals surface area contributed by atoms with Crippen LogP contribution in [0, 0.1) is 11.3 Å². The number of hydrogen-bond donors (Lipinski definition) is 1. The first kappa shape index (κ1) is 8.27. The number of rotatable bonds is 4. The molecule has 3 heteroatoms. The van der Waals surface area contributed by atoms with Gasteiger partial charge in [-0.15, -0.1) is 6.58 Å². The van der Waals surface area contributed by atoms with E-state index in [0.29, 0.717) is 13.0 Å². The first-order valence-corrected chi connectivity index (χ1v) is 3.52. The van der Waals surface area contributed by atoms with Gasteiger partial charge < -0.3 is 9.84 Å². The highest BCUT2D eigenvalue weighted by atomic mass is 16.5. The standard InChI is InChI=1S/C8H12O3/c1-3-6-4-8(6,5-11-2)7(9)10/h3,6H,1,4-5H2,2H3,(H,9,10). The molecule has 0 heterocycles. The second-order valence-corrected chi connectivity index (χ2v) is 2.94. The maximum absolute atomic E-state index is 10.7. The van der Waals surface area contributed by atoms with Crippen LogP contribution in [-0.4, -0.2) is 24.8 Å².